The van der Waals surface area contributed by atoms with Crippen LogP contribution in [0.3, 0.4) is 0 Å². The van der Waals surface area contributed by atoms with E-state index in [-0.39, 0.29) is 0 Å². The van der Waals surface area contributed by atoms with Crippen LogP contribution in [0.4, 0.5) is 0 Å². The first-order valence-electron chi connectivity index (χ1n) is 7.76. The fourth-order valence-corrected chi connectivity index (χ4v) is 3.76. The van der Waals surface area contributed by atoms with E-state index in [2.05, 4.69) is 11.9 Å². The fraction of sp³-hybridized carbons (Fsp3) is 1.00. The van der Waals surface area contributed by atoms with E-state index < -0.39 is 0 Å². The summed E-state index contributed by atoms with van der Waals surface area (Å²) in [4.78, 5) is 2.65. The lowest BCUT2D eigenvalue weighted by Gasteiger charge is -2.40. The van der Waals surface area contributed by atoms with E-state index in [0.717, 1.165) is 6.04 Å². The van der Waals surface area contributed by atoms with Gasteiger partial charge >= 0.3 is 0 Å². The quantitative estimate of drug-likeness (QED) is 0.800. The summed E-state index contributed by atoms with van der Waals surface area (Å²) in [6.07, 6.45) is 15.2. The Morgan fingerprint density at radius 1 is 0.765 bits per heavy atom. The van der Waals surface area contributed by atoms with Gasteiger partial charge in [0.05, 0.1) is 0 Å². The molecular formula is C15H30N2. The van der Waals surface area contributed by atoms with Crippen molar-refractivity contribution < 1.29 is 0 Å². The zero-order valence-electron chi connectivity index (χ0n) is 11.5. The van der Waals surface area contributed by atoms with Crippen LogP contribution >= 0.6 is 0 Å². The molecular weight excluding hydrogens is 208 g/mol. The van der Waals surface area contributed by atoms with Crippen LogP contribution in [0.5, 0.6) is 0 Å². The highest BCUT2D eigenvalue weighted by Gasteiger charge is 2.28. The Bertz CT molecular complexity index is 211. The molecule has 2 atom stereocenters. The SMILES string of the molecule is CN(C1CCCCC1)C1CCCCCCC1N. The molecule has 0 aromatic carbocycles. The van der Waals surface area contributed by atoms with Gasteiger partial charge in [-0.1, -0.05) is 44.9 Å². The third kappa shape index (κ3) is 3.69. The van der Waals surface area contributed by atoms with Gasteiger partial charge < -0.3 is 5.73 Å². The lowest BCUT2D eigenvalue weighted by molar-refractivity contribution is 0.105. The van der Waals surface area contributed by atoms with Crippen LogP contribution in [0.1, 0.15) is 70.6 Å². The first-order valence-corrected chi connectivity index (χ1v) is 7.76. The monoisotopic (exact) mass is 238 g/mol. The predicted octanol–water partition coefficient (Wildman–Crippen LogP) is 3.30. The van der Waals surface area contributed by atoms with E-state index in [4.69, 9.17) is 5.73 Å². The van der Waals surface area contributed by atoms with Crippen molar-refractivity contribution in [3.63, 3.8) is 0 Å². The van der Waals surface area contributed by atoms with Crippen LogP contribution in [0.15, 0.2) is 0 Å². The van der Waals surface area contributed by atoms with Gasteiger partial charge in [0, 0.05) is 18.1 Å². The molecule has 2 fully saturated rings. The molecule has 0 spiro atoms. The maximum Gasteiger partial charge on any atom is 0.0247 e. The van der Waals surface area contributed by atoms with E-state index in [1.54, 1.807) is 0 Å². The minimum Gasteiger partial charge on any atom is -0.326 e. The maximum atomic E-state index is 6.41. The van der Waals surface area contributed by atoms with Gasteiger partial charge in [-0.25, -0.2) is 0 Å². The molecule has 2 rings (SSSR count). The fourth-order valence-electron chi connectivity index (χ4n) is 3.76. The van der Waals surface area contributed by atoms with Crippen molar-refractivity contribution in [2.45, 2.75) is 88.8 Å². The number of nitrogens with two attached hydrogens (primary N) is 1. The van der Waals surface area contributed by atoms with Gasteiger partial charge in [-0.3, -0.25) is 4.90 Å². The van der Waals surface area contributed by atoms with Crippen LogP contribution in [0.2, 0.25) is 0 Å². The van der Waals surface area contributed by atoms with Crippen LogP contribution in [0, 0.1) is 0 Å². The second-order valence-electron chi connectivity index (χ2n) is 6.18. The highest BCUT2D eigenvalue weighted by Crippen LogP contribution is 2.27. The smallest absolute Gasteiger partial charge is 0.0247 e. The average molecular weight is 238 g/mol. The minimum absolute atomic E-state index is 0.419. The molecule has 0 aromatic heterocycles. The Kier molecular flexibility index (Phi) is 5.30. The van der Waals surface area contributed by atoms with Crippen molar-refractivity contribution in [2.75, 3.05) is 7.05 Å². The van der Waals surface area contributed by atoms with Crippen molar-refractivity contribution in [3.8, 4) is 0 Å². The summed E-state index contributed by atoms with van der Waals surface area (Å²) in [6, 6.07) is 1.89. The maximum absolute atomic E-state index is 6.41. The molecule has 2 aliphatic rings. The molecule has 2 N–H and O–H groups in total. The van der Waals surface area contributed by atoms with Crippen molar-refractivity contribution >= 4 is 0 Å². The van der Waals surface area contributed by atoms with Crippen LogP contribution in [0.25, 0.3) is 0 Å². The largest absolute Gasteiger partial charge is 0.326 e. The Balaban J connectivity index is 1.91. The van der Waals surface area contributed by atoms with Crippen molar-refractivity contribution in [2.24, 2.45) is 5.73 Å². The van der Waals surface area contributed by atoms with E-state index in [1.165, 1.54) is 70.6 Å². The minimum atomic E-state index is 0.419. The molecule has 0 heterocycles. The van der Waals surface area contributed by atoms with E-state index >= 15 is 0 Å². The Labute approximate surface area is 107 Å². The van der Waals surface area contributed by atoms with Crippen LogP contribution < -0.4 is 5.73 Å². The summed E-state index contributed by atoms with van der Waals surface area (Å²) in [5.74, 6) is 0. The average Bonchev–Trinajstić information content (AvgIpc) is 2.35. The van der Waals surface area contributed by atoms with Crippen LogP contribution in [-0.4, -0.2) is 30.1 Å². The van der Waals surface area contributed by atoms with Crippen molar-refractivity contribution in [1.29, 1.82) is 0 Å². The molecule has 2 heteroatoms. The summed E-state index contributed by atoms with van der Waals surface area (Å²) in [6.45, 7) is 0. The molecule has 0 aromatic rings. The third-order valence-electron chi connectivity index (χ3n) is 4.96. The number of likely N-dealkylation sites (N-methyl/N-ethyl adjacent to an activating group) is 1. The first-order chi connectivity index (χ1) is 8.29. The molecule has 100 valence electrons. The molecule has 0 saturated heterocycles. The summed E-state index contributed by atoms with van der Waals surface area (Å²) < 4.78 is 0. The Morgan fingerprint density at radius 2 is 1.29 bits per heavy atom. The standard InChI is InChI=1S/C15H30N2/c1-17(13-9-5-4-6-10-13)15-12-8-3-2-7-11-14(15)16/h13-15H,2-12,16H2,1H3. The molecule has 2 aliphatic carbocycles. The summed E-state index contributed by atoms with van der Waals surface area (Å²) in [5, 5.41) is 0. The molecule has 0 aliphatic heterocycles. The molecule has 0 amide bonds. The number of nitrogens with zero attached hydrogens (tertiary/aromatic N) is 1. The van der Waals surface area contributed by atoms with Gasteiger partial charge in [-0.2, -0.15) is 0 Å². The van der Waals surface area contributed by atoms with Crippen LogP contribution in [-0.2, 0) is 0 Å². The van der Waals surface area contributed by atoms with E-state index in [0.29, 0.717) is 12.1 Å². The molecule has 2 saturated carbocycles. The zero-order chi connectivity index (χ0) is 12.1. The normalized spacial score (nSPS) is 33.4. The molecule has 2 unspecified atom stereocenters. The summed E-state index contributed by atoms with van der Waals surface area (Å²) >= 11 is 0. The highest BCUT2D eigenvalue weighted by atomic mass is 15.2. The zero-order valence-corrected chi connectivity index (χ0v) is 11.5. The van der Waals surface area contributed by atoms with Gasteiger partial charge in [0.25, 0.3) is 0 Å². The topological polar surface area (TPSA) is 29.3 Å². The highest BCUT2D eigenvalue weighted by molar-refractivity contribution is 4.86. The van der Waals surface area contributed by atoms with Gasteiger partial charge in [-0.05, 0) is 32.7 Å². The Morgan fingerprint density at radius 3 is 2.00 bits per heavy atom. The van der Waals surface area contributed by atoms with E-state index in [9.17, 15) is 0 Å². The lowest BCUT2D eigenvalue weighted by atomic mass is 9.88. The van der Waals surface area contributed by atoms with Gasteiger partial charge in [-0.15, -0.1) is 0 Å². The second kappa shape index (κ2) is 6.75. The second-order valence-corrected chi connectivity index (χ2v) is 6.18. The molecule has 0 radical (unpaired) electrons. The van der Waals surface area contributed by atoms with E-state index in [1.807, 2.05) is 0 Å². The predicted molar refractivity (Wildman–Crippen MR) is 74.1 cm³/mol. The molecule has 2 nitrogen and oxygen atoms in total. The van der Waals surface area contributed by atoms with Gasteiger partial charge in [0.1, 0.15) is 0 Å². The molecule has 0 bridgehead atoms. The van der Waals surface area contributed by atoms with Gasteiger partial charge in [0.2, 0.25) is 0 Å². The summed E-state index contributed by atoms with van der Waals surface area (Å²) in [5.41, 5.74) is 6.41. The Hall–Kier alpha value is -0.0800. The third-order valence-corrected chi connectivity index (χ3v) is 4.96. The number of hydrogen-bond acceptors (Lipinski definition) is 2. The van der Waals surface area contributed by atoms with Crippen molar-refractivity contribution in [1.82, 2.24) is 4.90 Å². The lowest BCUT2D eigenvalue weighted by Crippen LogP contribution is -2.51. The molecule has 17 heavy (non-hydrogen) atoms. The van der Waals surface area contributed by atoms with Crippen molar-refractivity contribution in [3.05, 3.63) is 0 Å². The summed E-state index contributed by atoms with van der Waals surface area (Å²) in [7, 11) is 2.34. The number of hydrogen-bond donors (Lipinski definition) is 1. The first kappa shape index (κ1) is 13.4. The van der Waals surface area contributed by atoms with Gasteiger partial charge in [0.15, 0.2) is 0 Å². The number of rotatable bonds is 2.